The highest BCUT2D eigenvalue weighted by molar-refractivity contribution is 5.99. The molecule has 1 aliphatic rings. The molecule has 1 aromatic rings. The van der Waals surface area contributed by atoms with Gasteiger partial charge >= 0.3 is 0 Å². The molecule has 1 fully saturated rings. The van der Waals surface area contributed by atoms with E-state index in [9.17, 15) is 9.90 Å². The van der Waals surface area contributed by atoms with Crippen molar-refractivity contribution in [2.75, 3.05) is 32.2 Å². The van der Waals surface area contributed by atoms with Gasteiger partial charge in [0.1, 0.15) is 0 Å². The molecule has 0 saturated carbocycles. The van der Waals surface area contributed by atoms with Crippen molar-refractivity contribution in [3.63, 3.8) is 0 Å². The number of carbonyl (C=O) groups excluding carboxylic acids is 1. The Morgan fingerprint density at radius 2 is 2.14 bits per heavy atom. The molecule has 1 amide bonds. The molecule has 0 spiro atoms. The molecule has 0 unspecified atom stereocenters. The number of hydrogen-bond donors (Lipinski definition) is 3. The largest absolute Gasteiger partial charge is 0.388 e. The van der Waals surface area contributed by atoms with E-state index in [4.69, 9.17) is 10.6 Å². The minimum atomic E-state index is -0.871. The fourth-order valence-electron chi connectivity index (χ4n) is 2.59. The first-order valence-corrected chi connectivity index (χ1v) is 7.08. The van der Waals surface area contributed by atoms with E-state index in [0.717, 1.165) is 5.56 Å². The lowest BCUT2D eigenvalue weighted by atomic mass is 9.93. The lowest BCUT2D eigenvalue weighted by Crippen LogP contribution is -2.47. The summed E-state index contributed by atoms with van der Waals surface area (Å²) >= 11 is 0. The van der Waals surface area contributed by atoms with Crippen LogP contribution in [0.1, 0.15) is 28.8 Å². The highest BCUT2D eigenvalue weighted by Gasteiger charge is 2.32. The van der Waals surface area contributed by atoms with Crippen molar-refractivity contribution in [1.29, 1.82) is 0 Å². The van der Waals surface area contributed by atoms with Gasteiger partial charge in [-0.1, -0.05) is 6.07 Å². The van der Waals surface area contributed by atoms with E-state index < -0.39 is 5.60 Å². The van der Waals surface area contributed by atoms with Crippen LogP contribution in [0.25, 0.3) is 0 Å². The molecule has 0 radical (unpaired) electrons. The minimum Gasteiger partial charge on any atom is -0.388 e. The van der Waals surface area contributed by atoms with Crippen LogP contribution < -0.4 is 11.3 Å². The summed E-state index contributed by atoms with van der Waals surface area (Å²) in [4.78, 5) is 14.1. The number of hydrogen-bond acceptors (Lipinski definition) is 5. The van der Waals surface area contributed by atoms with Gasteiger partial charge in [-0.3, -0.25) is 10.6 Å². The molecule has 0 aliphatic carbocycles. The Morgan fingerprint density at radius 1 is 1.48 bits per heavy atom. The predicted molar refractivity (Wildman–Crippen MR) is 81.0 cm³/mol. The number of hydrazine groups is 1. The maximum absolute atomic E-state index is 12.5. The summed E-state index contributed by atoms with van der Waals surface area (Å²) in [7, 11) is 1.69. The number of likely N-dealkylation sites (N-methyl/N-ethyl adjacent to an activating group) is 1. The number of nitrogens with zero attached hydrogens (tertiary/aromatic N) is 1. The lowest BCUT2D eigenvalue weighted by Gasteiger charge is -2.35. The fourth-order valence-corrected chi connectivity index (χ4v) is 2.59. The lowest BCUT2D eigenvalue weighted by molar-refractivity contribution is -0.0734. The van der Waals surface area contributed by atoms with Crippen LogP contribution in [0.2, 0.25) is 0 Å². The molecule has 1 saturated heterocycles. The number of anilines is 1. The van der Waals surface area contributed by atoms with E-state index in [1.54, 1.807) is 13.1 Å². The van der Waals surface area contributed by atoms with Crippen LogP contribution in [0, 0.1) is 6.92 Å². The van der Waals surface area contributed by atoms with E-state index in [-0.39, 0.29) is 12.5 Å². The number of benzene rings is 1. The second kappa shape index (κ2) is 6.43. The first-order chi connectivity index (χ1) is 9.95. The number of nitrogens with one attached hydrogen (secondary N) is 1. The zero-order valence-corrected chi connectivity index (χ0v) is 12.6. The smallest absolute Gasteiger partial charge is 0.255 e. The zero-order valence-electron chi connectivity index (χ0n) is 12.6. The van der Waals surface area contributed by atoms with Crippen LogP contribution >= 0.6 is 0 Å². The van der Waals surface area contributed by atoms with Crippen LogP contribution in [0.3, 0.4) is 0 Å². The average Bonchev–Trinajstić information content (AvgIpc) is 2.46. The first kappa shape index (κ1) is 15.8. The van der Waals surface area contributed by atoms with Gasteiger partial charge in [0.05, 0.1) is 16.9 Å². The predicted octanol–water partition coefficient (Wildman–Crippen LogP) is 0.894. The molecular weight excluding hydrogens is 270 g/mol. The van der Waals surface area contributed by atoms with E-state index in [1.807, 2.05) is 19.1 Å². The van der Waals surface area contributed by atoms with E-state index >= 15 is 0 Å². The van der Waals surface area contributed by atoms with Crippen molar-refractivity contribution in [2.24, 2.45) is 5.84 Å². The molecule has 6 nitrogen and oxygen atoms in total. The van der Waals surface area contributed by atoms with Crippen LogP contribution in [0.5, 0.6) is 0 Å². The third-order valence-electron chi connectivity index (χ3n) is 3.86. The molecule has 116 valence electrons. The Kier molecular flexibility index (Phi) is 4.82. The summed E-state index contributed by atoms with van der Waals surface area (Å²) in [6.07, 6.45) is 1.08. The van der Waals surface area contributed by atoms with E-state index in [0.29, 0.717) is 37.3 Å². The standard InChI is InChI=1S/C15H23N3O3/c1-11-3-4-12(13(9-11)17-16)14(19)18(2)10-15(20)5-7-21-8-6-15/h3-4,9,17,20H,5-8,10,16H2,1-2H3. The number of carbonyl (C=O) groups is 1. The summed E-state index contributed by atoms with van der Waals surface area (Å²) in [5, 5.41) is 10.5. The molecule has 6 heteroatoms. The van der Waals surface area contributed by atoms with E-state index in [2.05, 4.69) is 5.43 Å². The summed E-state index contributed by atoms with van der Waals surface area (Å²) in [5.41, 5.74) is 3.79. The number of amides is 1. The molecular formula is C15H23N3O3. The molecule has 0 aromatic heterocycles. The Hall–Kier alpha value is -1.63. The topological polar surface area (TPSA) is 87.8 Å². The Balaban J connectivity index is 2.12. The van der Waals surface area contributed by atoms with Gasteiger partial charge in [0.2, 0.25) is 0 Å². The Bertz CT molecular complexity index is 513. The fraction of sp³-hybridized carbons (Fsp3) is 0.533. The van der Waals surface area contributed by atoms with Gasteiger partial charge < -0.3 is 20.2 Å². The SMILES string of the molecule is Cc1ccc(C(=O)N(C)CC2(O)CCOCC2)c(NN)c1. The molecule has 0 atom stereocenters. The van der Waals surface area contributed by atoms with Crippen LogP contribution in [0.4, 0.5) is 5.69 Å². The van der Waals surface area contributed by atoms with Crippen molar-refractivity contribution in [1.82, 2.24) is 4.90 Å². The number of aliphatic hydroxyl groups is 1. The molecule has 4 N–H and O–H groups in total. The summed E-state index contributed by atoms with van der Waals surface area (Å²) in [6, 6.07) is 5.44. The highest BCUT2D eigenvalue weighted by atomic mass is 16.5. The van der Waals surface area contributed by atoms with Gasteiger partial charge in [0.15, 0.2) is 0 Å². The summed E-state index contributed by atoms with van der Waals surface area (Å²) < 4.78 is 5.25. The molecule has 0 bridgehead atoms. The van der Waals surface area contributed by atoms with Gasteiger partial charge in [-0.25, -0.2) is 0 Å². The molecule has 2 rings (SSSR count). The molecule has 1 aromatic carbocycles. The quantitative estimate of drug-likeness (QED) is 0.567. The van der Waals surface area contributed by atoms with Crippen molar-refractivity contribution in [2.45, 2.75) is 25.4 Å². The van der Waals surface area contributed by atoms with Gasteiger partial charge in [0.25, 0.3) is 5.91 Å². The van der Waals surface area contributed by atoms with Crippen molar-refractivity contribution in [3.8, 4) is 0 Å². The van der Waals surface area contributed by atoms with Crippen LogP contribution in [-0.2, 0) is 4.74 Å². The summed E-state index contributed by atoms with van der Waals surface area (Å²) in [5.74, 6) is 5.32. The number of nitrogen functional groups attached to an aromatic ring is 1. The minimum absolute atomic E-state index is 0.164. The first-order valence-electron chi connectivity index (χ1n) is 7.08. The number of nitrogens with two attached hydrogens (primary N) is 1. The Morgan fingerprint density at radius 3 is 2.76 bits per heavy atom. The highest BCUT2D eigenvalue weighted by Crippen LogP contribution is 2.23. The van der Waals surface area contributed by atoms with Gasteiger partial charge in [-0.15, -0.1) is 0 Å². The van der Waals surface area contributed by atoms with Crippen molar-refractivity contribution in [3.05, 3.63) is 29.3 Å². The van der Waals surface area contributed by atoms with Crippen LogP contribution in [-0.4, -0.2) is 48.3 Å². The Labute approximate surface area is 124 Å². The monoisotopic (exact) mass is 293 g/mol. The third kappa shape index (κ3) is 3.72. The maximum Gasteiger partial charge on any atom is 0.255 e. The average molecular weight is 293 g/mol. The van der Waals surface area contributed by atoms with Gasteiger partial charge in [-0.05, 0) is 24.6 Å². The van der Waals surface area contributed by atoms with E-state index in [1.165, 1.54) is 4.90 Å². The second-order valence-corrected chi connectivity index (χ2v) is 5.69. The number of aryl methyl sites for hydroxylation is 1. The van der Waals surface area contributed by atoms with Gasteiger partial charge in [-0.2, -0.15) is 0 Å². The number of rotatable bonds is 4. The van der Waals surface area contributed by atoms with Gasteiger partial charge in [0, 0.05) is 39.6 Å². The van der Waals surface area contributed by atoms with Crippen molar-refractivity contribution >= 4 is 11.6 Å². The molecule has 1 heterocycles. The molecule has 1 aliphatic heterocycles. The van der Waals surface area contributed by atoms with Crippen molar-refractivity contribution < 1.29 is 14.6 Å². The third-order valence-corrected chi connectivity index (χ3v) is 3.86. The summed E-state index contributed by atoms with van der Waals surface area (Å²) in [6.45, 7) is 3.27. The number of ether oxygens (including phenoxy) is 1. The zero-order chi connectivity index (χ0) is 15.5. The van der Waals surface area contributed by atoms with Crippen LogP contribution in [0.15, 0.2) is 18.2 Å². The molecule has 21 heavy (non-hydrogen) atoms. The second-order valence-electron chi connectivity index (χ2n) is 5.69. The normalized spacial score (nSPS) is 17.3. The maximum atomic E-state index is 12.5.